The standard InChI is InChI=1S/C26H24BrN3O6/c1-3-35-23-13-17(7-12-22(23)36-26(33)18-8-10-21(34-2)11-9-18)15-29-30-24(31)16-28-25(32)19-5-4-6-20(27)14-19/h4-15H,3,16H2,1-2H3,(H,28,32)(H,30,31)/b29-15+. The number of amides is 2. The Kier molecular flexibility index (Phi) is 9.58. The van der Waals surface area contributed by atoms with Gasteiger partial charge in [-0.15, -0.1) is 0 Å². The molecule has 0 saturated carbocycles. The third kappa shape index (κ3) is 7.67. The molecule has 2 N–H and O–H groups in total. The molecule has 0 atom stereocenters. The molecule has 36 heavy (non-hydrogen) atoms. The zero-order valence-corrected chi connectivity index (χ0v) is 21.2. The van der Waals surface area contributed by atoms with Crippen LogP contribution in [-0.2, 0) is 4.79 Å². The summed E-state index contributed by atoms with van der Waals surface area (Å²) >= 11 is 3.30. The maximum atomic E-state index is 12.5. The minimum atomic E-state index is -0.544. The summed E-state index contributed by atoms with van der Waals surface area (Å²) in [5, 5.41) is 6.43. The lowest BCUT2D eigenvalue weighted by atomic mass is 10.2. The molecule has 0 saturated heterocycles. The molecule has 0 bridgehead atoms. The summed E-state index contributed by atoms with van der Waals surface area (Å²) in [5.41, 5.74) is 3.73. The van der Waals surface area contributed by atoms with Crippen LogP contribution in [0.1, 0.15) is 33.2 Å². The Morgan fingerprint density at radius 2 is 1.75 bits per heavy atom. The second-order valence-electron chi connectivity index (χ2n) is 7.24. The monoisotopic (exact) mass is 553 g/mol. The van der Waals surface area contributed by atoms with Crippen molar-refractivity contribution in [2.45, 2.75) is 6.92 Å². The quantitative estimate of drug-likeness (QED) is 0.170. The third-order valence-electron chi connectivity index (χ3n) is 4.70. The summed E-state index contributed by atoms with van der Waals surface area (Å²) in [6, 6.07) is 18.2. The molecule has 186 valence electrons. The van der Waals surface area contributed by atoms with Gasteiger partial charge in [0.25, 0.3) is 11.8 Å². The topological polar surface area (TPSA) is 115 Å². The number of halogens is 1. The van der Waals surface area contributed by atoms with Crippen LogP contribution in [0.3, 0.4) is 0 Å². The molecule has 2 amide bonds. The van der Waals surface area contributed by atoms with Crippen LogP contribution in [0.5, 0.6) is 17.2 Å². The lowest BCUT2D eigenvalue weighted by Gasteiger charge is -2.11. The fourth-order valence-electron chi connectivity index (χ4n) is 2.95. The molecule has 10 heteroatoms. The average molecular weight is 554 g/mol. The van der Waals surface area contributed by atoms with Crippen LogP contribution in [0.4, 0.5) is 0 Å². The van der Waals surface area contributed by atoms with Crippen LogP contribution in [0.25, 0.3) is 0 Å². The summed E-state index contributed by atoms with van der Waals surface area (Å²) in [4.78, 5) is 36.6. The van der Waals surface area contributed by atoms with Crippen molar-refractivity contribution in [2.75, 3.05) is 20.3 Å². The molecule has 3 aromatic carbocycles. The van der Waals surface area contributed by atoms with E-state index in [0.29, 0.717) is 34.8 Å². The van der Waals surface area contributed by atoms with Crippen LogP contribution < -0.4 is 25.0 Å². The molecular weight excluding hydrogens is 530 g/mol. The van der Waals surface area contributed by atoms with E-state index in [1.54, 1.807) is 80.8 Å². The molecule has 0 spiro atoms. The summed E-state index contributed by atoms with van der Waals surface area (Å²) in [6.07, 6.45) is 1.41. The second kappa shape index (κ2) is 13.1. The first kappa shape index (κ1) is 26.4. The number of hydrazone groups is 1. The van der Waals surface area contributed by atoms with Crippen molar-refractivity contribution in [3.8, 4) is 17.2 Å². The predicted molar refractivity (Wildman–Crippen MR) is 138 cm³/mol. The van der Waals surface area contributed by atoms with Crippen molar-refractivity contribution < 1.29 is 28.6 Å². The first-order valence-corrected chi connectivity index (χ1v) is 11.7. The zero-order valence-electron chi connectivity index (χ0n) is 19.6. The Morgan fingerprint density at radius 1 is 0.972 bits per heavy atom. The number of nitrogens with zero attached hydrogens (tertiary/aromatic N) is 1. The SMILES string of the molecule is CCOc1cc(/C=N/NC(=O)CNC(=O)c2cccc(Br)c2)ccc1OC(=O)c1ccc(OC)cc1. The molecule has 0 aromatic heterocycles. The van der Waals surface area contributed by atoms with Crippen molar-refractivity contribution in [2.24, 2.45) is 5.10 Å². The number of hydrogen-bond acceptors (Lipinski definition) is 7. The Balaban J connectivity index is 1.57. The summed E-state index contributed by atoms with van der Waals surface area (Å²) in [5.74, 6) is -0.201. The van der Waals surface area contributed by atoms with E-state index in [0.717, 1.165) is 4.47 Å². The minimum absolute atomic E-state index is 0.243. The predicted octanol–water partition coefficient (Wildman–Crippen LogP) is 3.96. The molecule has 0 heterocycles. The average Bonchev–Trinajstić information content (AvgIpc) is 2.88. The molecular formula is C26H24BrN3O6. The molecule has 0 aliphatic rings. The second-order valence-corrected chi connectivity index (χ2v) is 8.16. The highest BCUT2D eigenvalue weighted by molar-refractivity contribution is 9.10. The fourth-order valence-corrected chi connectivity index (χ4v) is 3.35. The molecule has 0 aliphatic carbocycles. The normalized spacial score (nSPS) is 10.5. The van der Waals surface area contributed by atoms with Crippen LogP contribution >= 0.6 is 15.9 Å². The van der Waals surface area contributed by atoms with Gasteiger partial charge in [0.2, 0.25) is 0 Å². The van der Waals surface area contributed by atoms with Gasteiger partial charge in [-0.2, -0.15) is 5.10 Å². The minimum Gasteiger partial charge on any atom is -0.497 e. The van der Waals surface area contributed by atoms with Crippen molar-refractivity contribution in [3.63, 3.8) is 0 Å². The molecule has 0 fully saturated rings. The molecule has 0 unspecified atom stereocenters. The Labute approximate surface area is 216 Å². The van der Waals surface area contributed by atoms with E-state index >= 15 is 0 Å². The van der Waals surface area contributed by atoms with E-state index in [1.165, 1.54) is 6.21 Å². The summed E-state index contributed by atoms with van der Waals surface area (Å²) < 4.78 is 16.9. The van der Waals surface area contributed by atoms with E-state index in [2.05, 4.69) is 31.8 Å². The number of hydrogen-bond donors (Lipinski definition) is 2. The number of carbonyl (C=O) groups is 3. The molecule has 9 nitrogen and oxygen atoms in total. The Morgan fingerprint density at radius 3 is 2.44 bits per heavy atom. The number of nitrogens with one attached hydrogen (secondary N) is 2. The number of benzene rings is 3. The van der Waals surface area contributed by atoms with Gasteiger partial charge in [0, 0.05) is 10.0 Å². The van der Waals surface area contributed by atoms with Gasteiger partial charge in [-0.05, 0) is 73.2 Å². The van der Waals surface area contributed by atoms with Gasteiger partial charge in [-0.25, -0.2) is 10.2 Å². The van der Waals surface area contributed by atoms with Gasteiger partial charge in [0.1, 0.15) is 5.75 Å². The van der Waals surface area contributed by atoms with Gasteiger partial charge in [-0.1, -0.05) is 22.0 Å². The maximum absolute atomic E-state index is 12.5. The van der Waals surface area contributed by atoms with Crippen LogP contribution in [-0.4, -0.2) is 44.3 Å². The molecule has 0 aliphatic heterocycles. The first-order chi connectivity index (χ1) is 17.4. The molecule has 3 aromatic rings. The first-order valence-electron chi connectivity index (χ1n) is 10.9. The Bertz CT molecular complexity index is 1260. The van der Waals surface area contributed by atoms with Crippen LogP contribution in [0.2, 0.25) is 0 Å². The van der Waals surface area contributed by atoms with Crippen LogP contribution in [0.15, 0.2) is 76.3 Å². The maximum Gasteiger partial charge on any atom is 0.343 e. The van der Waals surface area contributed by atoms with Gasteiger partial charge in [-0.3, -0.25) is 9.59 Å². The number of carbonyl (C=O) groups excluding carboxylic acids is 3. The van der Waals surface area contributed by atoms with E-state index in [9.17, 15) is 14.4 Å². The lowest BCUT2D eigenvalue weighted by molar-refractivity contribution is -0.120. The number of ether oxygens (including phenoxy) is 3. The van der Waals surface area contributed by atoms with Crippen molar-refractivity contribution in [1.29, 1.82) is 0 Å². The summed E-state index contributed by atoms with van der Waals surface area (Å²) in [7, 11) is 1.54. The van der Waals surface area contributed by atoms with Crippen molar-refractivity contribution >= 4 is 39.9 Å². The van der Waals surface area contributed by atoms with Crippen molar-refractivity contribution in [3.05, 3.63) is 87.9 Å². The van der Waals surface area contributed by atoms with Crippen LogP contribution in [0, 0.1) is 0 Å². The highest BCUT2D eigenvalue weighted by Gasteiger charge is 2.14. The number of methoxy groups -OCH3 is 1. The molecule has 3 rings (SSSR count). The third-order valence-corrected chi connectivity index (χ3v) is 5.19. The van der Waals surface area contributed by atoms with Gasteiger partial charge < -0.3 is 19.5 Å². The van der Waals surface area contributed by atoms with Gasteiger partial charge in [0.05, 0.1) is 32.0 Å². The highest BCUT2D eigenvalue weighted by Crippen LogP contribution is 2.29. The van der Waals surface area contributed by atoms with E-state index in [1.807, 2.05) is 0 Å². The van der Waals surface area contributed by atoms with E-state index < -0.39 is 11.9 Å². The number of rotatable bonds is 10. The zero-order chi connectivity index (χ0) is 25.9. The van der Waals surface area contributed by atoms with E-state index in [4.69, 9.17) is 14.2 Å². The van der Waals surface area contributed by atoms with Gasteiger partial charge >= 0.3 is 5.97 Å². The molecule has 0 radical (unpaired) electrons. The lowest BCUT2D eigenvalue weighted by Crippen LogP contribution is -2.34. The Hall–Kier alpha value is -4.18. The van der Waals surface area contributed by atoms with Gasteiger partial charge in [0.15, 0.2) is 11.5 Å². The smallest absolute Gasteiger partial charge is 0.343 e. The summed E-state index contributed by atoms with van der Waals surface area (Å²) in [6.45, 7) is 1.91. The number of esters is 1. The fraction of sp³-hybridized carbons (Fsp3) is 0.154. The highest BCUT2D eigenvalue weighted by atomic mass is 79.9. The largest absolute Gasteiger partial charge is 0.497 e. The van der Waals surface area contributed by atoms with E-state index in [-0.39, 0.29) is 18.2 Å². The van der Waals surface area contributed by atoms with Crippen molar-refractivity contribution in [1.82, 2.24) is 10.7 Å².